The number of nitrogens with one attached hydrogen (secondary N) is 2. The van der Waals surface area contributed by atoms with E-state index in [1.807, 2.05) is 0 Å². The van der Waals surface area contributed by atoms with Crippen LogP contribution in [0.5, 0.6) is 11.8 Å². The SMILES string of the molecule is COc1cc(OC)nc(NC(C)C(=O)NC2CC2)n1. The zero-order chi connectivity index (χ0) is 13.8. The third kappa shape index (κ3) is 3.70. The Labute approximate surface area is 111 Å². The average molecular weight is 266 g/mol. The zero-order valence-corrected chi connectivity index (χ0v) is 11.3. The predicted octanol–water partition coefficient (Wildman–Crippen LogP) is 0.573. The van der Waals surface area contributed by atoms with Crippen LogP contribution in [0.15, 0.2) is 6.07 Å². The minimum absolute atomic E-state index is 0.0621. The lowest BCUT2D eigenvalue weighted by Gasteiger charge is -2.14. The van der Waals surface area contributed by atoms with Crippen molar-refractivity contribution >= 4 is 11.9 Å². The predicted molar refractivity (Wildman–Crippen MR) is 69.4 cm³/mol. The number of ether oxygens (including phenoxy) is 2. The molecule has 0 aliphatic heterocycles. The van der Waals surface area contributed by atoms with Crippen LogP contribution in [0.2, 0.25) is 0 Å². The molecule has 1 aromatic rings. The lowest BCUT2D eigenvalue weighted by molar-refractivity contribution is -0.121. The minimum atomic E-state index is -0.419. The van der Waals surface area contributed by atoms with E-state index in [1.165, 1.54) is 14.2 Å². The molecule has 0 spiro atoms. The third-order valence-corrected chi connectivity index (χ3v) is 2.76. The summed E-state index contributed by atoms with van der Waals surface area (Å²) in [6.07, 6.45) is 2.11. The number of carbonyl (C=O) groups is 1. The largest absolute Gasteiger partial charge is 0.481 e. The van der Waals surface area contributed by atoms with Crippen molar-refractivity contribution in [1.82, 2.24) is 15.3 Å². The summed E-state index contributed by atoms with van der Waals surface area (Å²) in [5.41, 5.74) is 0. The Hall–Kier alpha value is -2.05. The molecular weight excluding hydrogens is 248 g/mol. The molecule has 0 saturated heterocycles. The standard InChI is InChI=1S/C12H18N4O3/c1-7(11(17)14-8-4-5-8)13-12-15-9(18-2)6-10(16-12)19-3/h6-8H,4-5H2,1-3H3,(H,14,17)(H,13,15,16). The molecule has 0 radical (unpaired) electrons. The topological polar surface area (TPSA) is 85.4 Å². The van der Waals surface area contributed by atoms with E-state index in [-0.39, 0.29) is 5.91 Å². The van der Waals surface area contributed by atoms with Gasteiger partial charge in [0.15, 0.2) is 0 Å². The van der Waals surface area contributed by atoms with Crippen molar-refractivity contribution in [3.63, 3.8) is 0 Å². The number of rotatable bonds is 6. The van der Waals surface area contributed by atoms with Crippen LogP contribution in [-0.4, -0.2) is 42.2 Å². The molecule has 1 amide bonds. The summed E-state index contributed by atoms with van der Waals surface area (Å²) in [5, 5.41) is 5.84. The maximum absolute atomic E-state index is 11.8. The highest BCUT2D eigenvalue weighted by molar-refractivity contribution is 5.84. The van der Waals surface area contributed by atoms with Crippen LogP contribution in [0.1, 0.15) is 19.8 Å². The number of hydrogen-bond donors (Lipinski definition) is 2. The first-order valence-electron chi connectivity index (χ1n) is 6.16. The van der Waals surface area contributed by atoms with Crippen LogP contribution in [-0.2, 0) is 4.79 Å². The Kier molecular flexibility index (Phi) is 4.03. The van der Waals surface area contributed by atoms with Gasteiger partial charge in [-0.25, -0.2) is 0 Å². The molecule has 1 aliphatic rings. The van der Waals surface area contributed by atoms with E-state index in [1.54, 1.807) is 13.0 Å². The molecule has 1 aliphatic carbocycles. The highest BCUT2D eigenvalue weighted by Gasteiger charge is 2.25. The van der Waals surface area contributed by atoms with Gasteiger partial charge in [0.25, 0.3) is 0 Å². The van der Waals surface area contributed by atoms with Gasteiger partial charge in [0.05, 0.1) is 20.3 Å². The molecule has 1 heterocycles. The fourth-order valence-electron chi connectivity index (χ4n) is 1.49. The smallest absolute Gasteiger partial charge is 0.242 e. The number of nitrogens with zero attached hydrogens (tertiary/aromatic N) is 2. The van der Waals surface area contributed by atoms with Gasteiger partial charge in [0, 0.05) is 6.04 Å². The summed E-state index contributed by atoms with van der Waals surface area (Å²) >= 11 is 0. The lowest BCUT2D eigenvalue weighted by Crippen LogP contribution is -2.39. The van der Waals surface area contributed by atoms with Gasteiger partial charge in [0.2, 0.25) is 23.6 Å². The number of methoxy groups -OCH3 is 2. The molecular formula is C12H18N4O3. The first-order valence-corrected chi connectivity index (χ1v) is 6.16. The van der Waals surface area contributed by atoms with E-state index >= 15 is 0 Å². The molecule has 7 heteroatoms. The average Bonchev–Trinajstić information content (AvgIpc) is 3.21. The van der Waals surface area contributed by atoms with Crippen molar-refractivity contribution in [1.29, 1.82) is 0 Å². The molecule has 1 fully saturated rings. The van der Waals surface area contributed by atoms with Crippen molar-refractivity contribution < 1.29 is 14.3 Å². The fourth-order valence-corrected chi connectivity index (χ4v) is 1.49. The van der Waals surface area contributed by atoms with E-state index in [9.17, 15) is 4.79 Å². The van der Waals surface area contributed by atoms with Crippen molar-refractivity contribution in [2.24, 2.45) is 0 Å². The van der Waals surface area contributed by atoms with Crippen LogP contribution in [0.25, 0.3) is 0 Å². The maximum atomic E-state index is 11.8. The van der Waals surface area contributed by atoms with Crippen LogP contribution >= 0.6 is 0 Å². The summed E-state index contributed by atoms with van der Waals surface area (Å²) in [7, 11) is 3.02. The zero-order valence-electron chi connectivity index (χ0n) is 11.3. The summed E-state index contributed by atoms with van der Waals surface area (Å²) in [6, 6.07) is 1.48. The molecule has 1 unspecified atom stereocenters. The molecule has 0 bridgehead atoms. The normalized spacial score (nSPS) is 15.5. The molecule has 1 aromatic heterocycles. The monoisotopic (exact) mass is 266 g/mol. The Morgan fingerprint density at radius 3 is 2.37 bits per heavy atom. The highest BCUT2D eigenvalue weighted by Crippen LogP contribution is 2.20. The molecule has 104 valence electrons. The van der Waals surface area contributed by atoms with Crippen LogP contribution < -0.4 is 20.1 Å². The van der Waals surface area contributed by atoms with Gasteiger partial charge in [0.1, 0.15) is 6.04 Å². The van der Waals surface area contributed by atoms with Crippen molar-refractivity contribution in [2.45, 2.75) is 31.8 Å². The Bertz CT molecular complexity index is 440. The first-order chi connectivity index (χ1) is 9.12. The van der Waals surface area contributed by atoms with E-state index in [4.69, 9.17) is 9.47 Å². The first kappa shape index (κ1) is 13.4. The van der Waals surface area contributed by atoms with Gasteiger partial charge in [-0.2, -0.15) is 9.97 Å². The summed E-state index contributed by atoms with van der Waals surface area (Å²) in [6.45, 7) is 1.76. The second kappa shape index (κ2) is 5.73. The van der Waals surface area contributed by atoms with Gasteiger partial charge in [-0.05, 0) is 19.8 Å². The number of aromatic nitrogens is 2. The van der Waals surface area contributed by atoms with Crippen molar-refractivity contribution in [2.75, 3.05) is 19.5 Å². The molecule has 0 aromatic carbocycles. The van der Waals surface area contributed by atoms with Crippen LogP contribution in [0.3, 0.4) is 0 Å². The minimum Gasteiger partial charge on any atom is -0.481 e. The van der Waals surface area contributed by atoms with Crippen LogP contribution in [0, 0.1) is 0 Å². The van der Waals surface area contributed by atoms with Crippen LogP contribution in [0.4, 0.5) is 5.95 Å². The fraction of sp³-hybridized carbons (Fsp3) is 0.583. The Balaban J connectivity index is 2.01. The highest BCUT2D eigenvalue weighted by atomic mass is 16.5. The summed E-state index contributed by atoms with van der Waals surface area (Å²) in [5.74, 6) is 0.996. The second-order valence-corrected chi connectivity index (χ2v) is 4.43. The lowest BCUT2D eigenvalue weighted by atomic mass is 10.3. The van der Waals surface area contributed by atoms with Gasteiger partial charge >= 0.3 is 0 Å². The molecule has 1 atom stereocenters. The quantitative estimate of drug-likeness (QED) is 0.783. The van der Waals surface area contributed by atoms with Gasteiger partial charge in [-0.1, -0.05) is 0 Å². The summed E-state index contributed by atoms with van der Waals surface area (Å²) < 4.78 is 10.1. The van der Waals surface area contributed by atoms with Gasteiger partial charge in [-0.3, -0.25) is 4.79 Å². The van der Waals surface area contributed by atoms with Gasteiger partial charge in [-0.15, -0.1) is 0 Å². The van der Waals surface area contributed by atoms with E-state index < -0.39 is 6.04 Å². The van der Waals surface area contributed by atoms with Crippen molar-refractivity contribution in [3.8, 4) is 11.8 Å². The maximum Gasteiger partial charge on any atom is 0.242 e. The Morgan fingerprint density at radius 1 is 1.32 bits per heavy atom. The molecule has 2 rings (SSSR count). The second-order valence-electron chi connectivity index (χ2n) is 4.43. The van der Waals surface area contributed by atoms with E-state index in [2.05, 4.69) is 20.6 Å². The Morgan fingerprint density at radius 2 is 1.89 bits per heavy atom. The number of carbonyl (C=O) groups excluding carboxylic acids is 1. The molecule has 19 heavy (non-hydrogen) atoms. The number of anilines is 1. The van der Waals surface area contributed by atoms with Crippen molar-refractivity contribution in [3.05, 3.63) is 6.07 Å². The third-order valence-electron chi connectivity index (χ3n) is 2.76. The number of amides is 1. The number of hydrogen-bond acceptors (Lipinski definition) is 6. The van der Waals surface area contributed by atoms with E-state index in [0.29, 0.717) is 23.8 Å². The molecule has 7 nitrogen and oxygen atoms in total. The molecule has 1 saturated carbocycles. The summed E-state index contributed by atoms with van der Waals surface area (Å²) in [4.78, 5) is 20.0. The molecule has 2 N–H and O–H groups in total. The van der Waals surface area contributed by atoms with Gasteiger partial charge < -0.3 is 20.1 Å². The van der Waals surface area contributed by atoms with E-state index in [0.717, 1.165) is 12.8 Å².